The molecule has 27 heavy (non-hydrogen) atoms. The molecule has 1 aromatic carbocycles. The van der Waals surface area contributed by atoms with Crippen LogP contribution < -0.4 is 32.0 Å². The molecule has 0 spiro atoms. The third kappa shape index (κ3) is 4.12. The molecule has 0 fully saturated rings. The van der Waals surface area contributed by atoms with Crippen molar-refractivity contribution in [1.82, 2.24) is 9.97 Å². The van der Waals surface area contributed by atoms with E-state index in [0.29, 0.717) is 17.0 Å². The zero-order chi connectivity index (χ0) is 19.6. The van der Waals surface area contributed by atoms with E-state index in [4.69, 9.17) is 10.5 Å². The summed E-state index contributed by atoms with van der Waals surface area (Å²) in [7, 11) is 0. The first kappa shape index (κ1) is 17.7. The van der Waals surface area contributed by atoms with Gasteiger partial charge in [0.25, 0.3) is 11.5 Å². The van der Waals surface area contributed by atoms with Crippen LogP contribution in [0.25, 0.3) is 0 Å². The lowest BCUT2D eigenvalue weighted by Gasteiger charge is -2.18. The fraction of sp³-hybridized carbons (Fsp3) is 0.133. The molecule has 12 heteroatoms. The van der Waals surface area contributed by atoms with Gasteiger partial charge in [-0.15, -0.1) is 0 Å². The van der Waals surface area contributed by atoms with Crippen LogP contribution in [-0.2, 0) is 16.0 Å². The Morgan fingerprint density at radius 1 is 1.30 bits per heavy atom. The van der Waals surface area contributed by atoms with E-state index in [0.717, 1.165) is 0 Å². The number of carbonyl (C=O) groups excluding carboxylic acids is 3. The van der Waals surface area contributed by atoms with Gasteiger partial charge in [-0.05, 0) is 17.7 Å². The fourth-order valence-electron chi connectivity index (χ4n) is 2.36. The van der Waals surface area contributed by atoms with Crippen molar-refractivity contribution in [3.05, 3.63) is 34.1 Å². The monoisotopic (exact) mass is 374 g/mol. The third-order valence-electron chi connectivity index (χ3n) is 3.45. The van der Waals surface area contributed by atoms with E-state index in [1.54, 1.807) is 18.2 Å². The maximum atomic E-state index is 12.1. The molecule has 0 bridgehead atoms. The number of aromatic hydroxyl groups is 1. The van der Waals surface area contributed by atoms with Crippen LogP contribution in [-0.4, -0.2) is 39.5 Å². The molecule has 140 valence electrons. The first-order chi connectivity index (χ1) is 12.8. The van der Waals surface area contributed by atoms with Crippen molar-refractivity contribution in [3.63, 3.8) is 0 Å². The van der Waals surface area contributed by atoms with Crippen LogP contribution in [0.15, 0.2) is 23.0 Å². The average Bonchev–Trinajstić information content (AvgIpc) is 2.57. The van der Waals surface area contributed by atoms with E-state index < -0.39 is 29.1 Å². The highest BCUT2D eigenvalue weighted by Crippen LogP contribution is 2.28. The molecule has 0 radical (unpaired) electrons. The van der Waals surface area contributed by atoms with Gasteiger partial charge in [-0.3, -0.25) is 30.0 Å². The Bertz CT molecular complexity index is 1000. The summed E-state index contributed by atoms with van der Waals surface area (Å²) >= 11 is 0. The van der Waals surface area contributed by atoms with Crippen LogP contribution in [0.5, 0.6) is 11.6 Å². The molecule has 7 N–H and O–H groups in total. The van der Waals surface area contributed by atoms with Gasteiger partial charge in [0.2, 0.25) is 17.7 Å². The Morgan fingerprint density at radius 3 is 2.78 bits per heavy atom. The number of nitrogens with one attached hydrogen (secondary N) is 4. The first-order valence-electron chi connectivity index (χ1n) is 7.57. The van der Waals surface area contributed by atoms with Crippen molar-refractivity contribution in [2.45, 2.75) is 6.42 Å². The number of nitrogens with two attached hydrogens (primary N) is 1. The summed E-state index contributed by atoms with van der Waals surface area (Å²) in [6, 6.07) is 3.79. The number of ether oxygens (including phenoxy) is 1. The molecule has 1 aromatic heterocycles. The summed E-state index contributed by atoms with van der Waals surface area (Å²) in [5.74, 6) is -1.47. The summed E-state index contributed by atoms with van der Waals surface area (Å²) in [6.45, 7) is -0.0734. The molecule has 2 heterocycles. The Kier molecular flexibility index (Phi) is 4.62. The van der Waals surface area contributed by atoms with Crippen molar-refractivity contribution in [2.24, 2.45) is 5.73 Å². The van der Waals surface area contributed by atoms with Gasteiger partial charge in [0.15, 0.2) is 12.3 Å². The van der Waals surface area contributed by atoms with Crippen molar-refractivity contribution < 1.29 is 24.2 Å². The summed E-state index contributed by atoms with van der Waals surface area (Å²) in [5.41, 5.74) is 4.46. The number of primary amides is 1. The molecular weight excluding hydrogens is 360 g/mol. The zero-order valence-corrected chi connectivity index (χ0v) is 13.7. The number of benzene rings is 1. The largest absolute Gasteiger partial charge is 0.492 e. The lowest BCUT2D eigenvalue weighted by atomic mass is 10.1. The highest BCUT2D eigenvalue weighted by molar-refractivity contribution is 5.96. The van der Waals surface area contributed by atoms with E-state index in [1.807, 2.05) is 5.32 Å². The van der Waals surface area contributed by atoms with Gasteiger partial charge in [0, 0.05) is 0 Å². The van der Waals surface area contributed by atoms with E-state index in [-0.39, 0.29) is 24.9 Å². The summed E-state index contributed by atoms with van der Waals surface area (Å²) in [6.07, 6.45) is -0.102. The number of aromatic nitrogens is 2. The van der Waals surface area contributed by atoms with Crippen molar-refractivity contribution in [1.29, 1.82) is 0 Å². The molecule has 2 aromatic rings. The molecular formula is C15H14N6O6. The minimum atomic E-state index is -1.06. The topological polar surface area (TPSA) is 189 Å². The molecule has 0 atom stereocenters. The quantitative estimate of drug-likeness (QED) is 0.415. The molecule has 12 nitrogen and oxygen atoms in total. The highest BCUT2D eigenvalue weighted by atomic mass is 16.5. The van der Waals surface area contributed by atoms with Gasteiger partial charge in [-0.2, -0.15) is 4.98 Å². The molecule has 1 aliphatic rings. The number of nitrogens with zero attached hydrogens (tertiary/aromatic N) is 1. The molecule has 0 unspecified atom stereocenters. The van der Waals surface area contributed by atoms with Gasteiger partial charge in [0.1, 0.15) is 5.75 Å². The van der Waals surface area contributed by atoms with E-state index >= 15 is 0 Å². The summed E-state index contributed by atoms with van der Waals surface area (Å²) < 4.78 is 5.23. The molecule has 0 saturated heterocycles. The minimum Gasteiger partial charge on any atom is -0.492 e. The van der Waals surface area contributed by atoms with Gasteiger partial charge in [-0.1, -0.05) is 6.07 Å². The standard InChI is InChI=1S/C15H14N6O6/c16-14(26)19-11-12(24)20-15(21-13(11)25)18-9(22)4-6-1-2-8-7(3-6)17-10(23)5-27-8/h1-3H,4-5H2,(H,17,23)(H3,16,19,26)(H3,18,20,21,22,24,25). The van der Waals surface area contributed by atoms with Crippen LogP contribution >= 0.6 is 0 Å². The maximum absolute atomic E-state index is 12.1. The van der Waals surface area contributed by atoms with E-state index in [1.165, 1.54) is 0 Å². The number of aromatic amines is 1. The lowest BCUT2D eigenvalue weighted by Crippen LogP contribution is -2.27. The van der Waals surface area contributed by atoms with E-state index in [2.05, 4.69) is 20.6 Å². The number of hydrogen-bond donors (Lipinski definition) is 6. The summed E-state index contributed by atoms with van der Waals surface area (Å²) in [5, 5.41) is 16.5. The Morgan fingerprint density at radius 2 is 2.07 bits per heavy atom. The van der Waals surface area contributed by atoms with Crippen molar-refractivity contribution in [3.8, 4) is 11.6 Å². The Balaban J connectivity index is 1.71. The van der Waals surface area contributed by atoms with Crippen LogP contribution in [0.4, 0.5) is 22.1 Å². The number of fused-ring (bicyclic) bond motifs is 1. The van der Waals surface area contributed by atoms with Crippen molar-refractivity contribution in [2.75, 3.05) is 22.6 Å². The third-order valence-corrected chi connectivity index (χ3v) is 3.45. The maximum Gasteiger partial charge on any atom is 0.316 e. The predicted molar refractivity (Wildman–Crippen MR) is 92.6 cm³/mol. The number of hydrogen-bond acceptors (Lipinski definition) is 7. The number of H-pyrrole nitrogens is 1. The van der Waals surface area contributed by atoms with Crippen molar-refractivity contribution >= 4 is 35.2 Å². The summed E-state index contributed by atoms with van der Waals surface area (Å²) in [4.78, 5) is 51.8. The SMILES string of the molecule is NC(=O)Nc1c(O)nc(NC(=O)Cc2ccc3c(c2)NC(=O)CO3)[nH]c1=O. The molecule has 3 rings (SSSR count). The van der Waals surface area contributed by atoms with Crippen LogP contribution in [0.3, 0.4) is 0 Å². The Hall–Kier alpha value is -4.09. The smallest absolute Gasteiger partial charge is 0.316 e. The van der Waals surface area contributed by atoms with Crippen LogP contribution in [0, 0.1) is 0 Å². The number of rotatable bonds is 4. The van der Waals surface area contributed by atoms with E-state index in [9.17, 15) is 24.3 Å². The van der Waals surface area contributed by atoms with Gasteiger partial charge in [-0.25, -0.2) is 4.79 Å². The van der Waals surface area contributed by atoms with Crippen LogP contribution in [0.2, 0.25) is 0 Å². The number of amides is 4. The molecule has 1 aliphatic heterocycles. The minimum absolute atomic E-state index is 0.0734. The number of anilines is 3. The predicted octanol–water partition coefficient (Wildman–Crippen LogP) is -0.522. The number of carbonyl (C=O) groups is 3. The van der Waals surface area contributed by atoms with Crippen LogP contribution in [0.1, 0.15) is 5.56 Å². The molecule has 0 aliphatic carbocycles. The lowest BCUT2D eigenvalue weighted by molar-refractivity contribution is -0.118. The second-order valence-electron chi connectivity index (χ2n) is 5.49. The van der Waals surface area contributed by atoms with Gasteiger partial charge >= 0.3 is 6.03 Å². The first-order valence-corrected chi connectivity index (χ1v) is 7.57. The number of urea groups is 1. The molecule has 4 amide bonds. The molecule has 0 saturated carbocycles. The Labute approximate surface area is 150 Å². The highest BCUT2D eigenvalue weighted by Gasteiger charge is 2.17. The normalized spacial score (nSPS) is 12.4. The second kappa shape index (κ2) is 7.03. The average molecular weight is 374 g/mol. The van der Waals surface area contributed by atoms with Gasteiger partial charge < -0.3 is 20.9 Å². The second-order valence-corrected chi connectivity index (χ2v) is 5.49. The van der Waals surface area contributed by atoms with Gasteiger partial charge in [0.05, 0.1) is 12.1 Å². The fourth-order valence-corrected chi connectivity index (χ4v) is 2.36. The zero-order valence-electron chi connectivity index (χ0n) is 13.7.